The third-order valence-corrected chi connectivity index (χ3v) is 3.66. The van der Waals surface area contributed by atoms with E-state index in [1.807, 2.05) is 31.3 Å². The second-order valence-corrected chi connectivity index (χ2v) is 5.40. The molecule has 0 saturated heterocycles. The van der Waals surface area contributed by atoms with Crippen molar-refractivity contribution in [2.75, 3.05) is 17.7 Å². The van der Waals surface area contributed by atoms with E-state index in [2.05, 4.69) is 34.4 Å². The highest BCUT2D eigenvalue weighted by Crippen LogP contribution is 2.26. The minimum absolute atomic E-state index is 0.150. The number of anilines is 2. The number of benzene rings is 1. The van der Waals surface area contributed by atoms with Crippen molar-refractivity contribution in [2.24, 2.45) is 0 Å². The van der Waals surface area contributed by atoms with Gasteiger partial charge in [0.15, 0.2) is 0 Å². The Hall–Kier alpha value is -1.81. The van der Waals surface area contributed by atoms with Crippen LogP contribution in [0, 0.1) is 0 Å². The lowest BCUT2D eigenvalue weighted by Gasteiger charge is -2.19. The molecule has 2 rings (SSSR count). The summed E-state index contributed by atoms with van der Waals surface area (Å²) in [7, 11) is 1.88. The number of hydrogen-bond acceptors (Lipinski definition) is 4. The van der Waals surface area contributed by atoms with Gasteiger partial charge in [-0.1, -0.05) is 37.1 Å². The standard InChI is InChI=1S/C16H21ClN4/c1-4-5-14-15(18-3)19-10-20-16(14)21-11(2)12-6-8-13(17)9-7-12/h6-11H,4-5H2,1-3H3,(H2,18,19,20,21). The van der Waals surface area contributed by atoms with E-state index in [4.69, 9.17) is 11.6 Å². The molecule has 0 fully saturated rings. The van der Waals surface area contributed by atoms with Crippen molar-refractivity contribution in [2.45, 2.75) is 32.7 Å². The molecular weight excluding hydrogens is 284 g/mol. The summed E-state index contributed by atoms with van der Waals surface area (Å²) in [5, 5.41) is 7.35. The summed E-state index contributed by atoms with van der Waals surface area (Å²) in [5.41, 5.74) is 2.30. The zero-order valence-electron chi connectivity index (χ0n) is 12.7. The molecule has 1 aromatic carbocycles. The van der Waals surface area contributed by atoms with Crippen molar-refractivity contribution in [1.82, 2.24) is 9.97 Å². The average molecular weight is 305 g/mol. The molecular formula is C16H21ClN4. The Balaban J connectivity index is 2.24. The predicted octanol–water partition coefficient (Wildman–Crippen LogP) is 4.30. The van der Waals surface area contributed by atoms with Gasteiger partial charge >= 0.3 is 0 Å². The molecule has 0 saturated carbocycles. The fourth-order valence-electron chi connectivity index (χ4n) is 2.28. The first kappa shape index (κ1) is 15.6. The summed E-state index contributed by atoms with van der Waals surface area (Å²) in [6, 6.07) is 8.01. The molecule has 5 heteroatoms. The molecule has 1 heterocycles. The van der Waals surface area contributed by atoms with Gasteiger partial charge < -0.3 is 10.6 Å². The third-order valence-electron chi connectivity index (χ3n) is 3.41. The molecule has 2 aromatic rings. The highest BCUT2D eigenvalue weighted by molar-refractivity contribution is 6.30. The average Bonchev–Trinajstić information content (AvgIpc) is 2.49. The molecule has 21 heavy (non-hydrogen) atoms. The van der Waals surface area contributed by atoms with Crippen molar-refractivity contribution in [3.8, 4) is 0 Å². The maximum atomic E-state index is 5.93. The lowest BCUT2D eigenvalue weighted by molar-refractivity contribution is 0.847. The molecule has 0 aliphatic carbocycles. The van der Waals surface area contributed by atoms with Gasteiger partial charge in [0.25, 0.3) is 0 Å². The lowest BCUT2D eigenvalue weighted by Crippen LogP contribution is -2.12. The molecule has 1 aromatic heterocycles. The van der Waals surface area contributed by atoms with Crippen LogP contribution < -0.4 is 10.6 Å². The number of halogens is 1. The van der Waals surface area contributed by atoms with Crippen LogP contribution in [0.5, 0.6) is 0 Å². The number of nitrogens with zero attached hydrogens (tertiary/aromatic N) is 2. The predicted molar refractivity (Wildman–Crippen MR) is 89.1 cm³/mol. The number of rotatable bonds is 6. The van der Waals surface area contributed by atoms with Crippen LogP contribution in [0.15, 0.2) is 30.6 Å². The fourth-order valence-corrected chi connectivity index (χ4v) is 2.40. The van der Waals surface area contributed by atoms with Crippen molar-refractivity contribution in [1.29, 1.82) is 0 Å². The first-order valence-corrected chi connectivity index (χ1v) is 7.57. The van der Waals surface area contributed by atoms with E-state index in [1.54, 1.807) is 6.33 Å². The first-order valence-electron chi connectivity index (χ1n) is 7.19. The van der Waals surface area contributed by atoms with Crippen LogP contribution in [0.25, 0.3) is 0 Å². The molecule has 1 unspecified atom stereocenters. The summed E-state index contributed by atoms with van der Waals surface area (Å²) >= 11 is 5.93. The minimum Gasteiger partial charge on any atom is -0.373 e. The second-order valence-electron chi connectivity index (χ2n) is 4.97. The SMILES string of the molecule is CCCc1c(NC)ncnc1NC(C)c1ccc(Cl)cc1. The number of aromatic nitrogens is 2. The zero-order valence-corrected chi connectivity index (χ0v) is 13.4. The van der Waals surface area contributed by atoms with E-state index in [9.17, 15) is 0 Å². The Morgan fingerprint density at radius 2 is 1.81 bits per heavy atom. The van der Waals surface area contributed by atoms with Gasteiger partial charge in [-0.15, -0.1) is 0 Å². The Morgan fingerprint density at radius 1 is 1.14 bits per heavy atom. The number of nitrogens with one attached hydrogen (secondary N) is 2. The van der Waals surface area contributed by atoms with Crippen LogP contribution in [0.3, 0.4) is 0 Å². The summed E-state index contributed by atoms with van der Waals surface area (Å²) in [5.74, 6) is 1.77. The van der Waals surface area contributed by atoms with Crippen molar-refractivity contribution in [3.05, 3.63) is 46.7 Å². The van der Waals surface area contributed by atoms with Crippen LogP contribution >= 0.6 is 11.6 Å². The van der Waals surface area contributed by atoms with Gasteiger partial charge in [-0.25, -0.2) is 9.97 Å². The first-order chi connectivity index (χ1) is 10.2. The van der Waals surface area contributed by atoms with Gasteiger partial charge in [0.1, 0.15) is 18.0 Å². The van der Waals surface area contributed by atoms with Crippen LogP contribution in [0.1, 0.15) is 37.4 Å². The van der Waals surface area contributed by atoms with Gasteiger partial charge in [-0.3, -0.25) is 0 Å². The molecule has 0 amide bonds. The largest absolute Gasteiger partial charge is 0.373 e. The number of hydrogen-bond donors (Lipinski definition) is 2. The highest BCUT2D eigenvalue weighted by Gasteiger charge is 2.13. The van der Waals surface area contributed by atoms with Crippen LogP contribution in [0.2, 0.25) is 5.02 Å². The monoisotopic (exact) mass is 304 g/mol. The van der Waals surface area contributed by atoms with E-state index in [0.29, 0.717) is 0 Å². The van der Waals surface area contributed by atoms with E-state index >= 15 is 0 Å². The third kappa shape index (κ3) is 3.85. The van der Waals surface area contributed by atoms with Crippen molar-refractivity contribution >= 4 is 23.2 Å². The van der Waals surface area contributed by atoms with Crippen LogP contribution in [-0.4, -0.2) is 17.0 Å². The smallest absolute Gasteiger partial charge is 0.135 e. The van der Waals surface area contributed by atoms with E-state index in [1.165, 1.54) is 5.56 Å². The zero-order chi connectivity index (χ0) is 15.2. The molecule has 0 spiro atoms. The minimum atomic E-state index is 0.150. The molecule has 0 radical (unpaired) electrons. The second kappa shape index (κ2) is 7.27. The molecule has 112 valence electrons. The van der Waals surface area contributed by atoms with Gasteiger partial charge in [0.05, 0.1) is 0 Å². The van der Waals surface area contributed by atoms with Gasteiger partial charge in [0.2, 0.25) is 0 Å². The van der Waals surface area contributed by atoms with E-state index < -0.39 is 0 Å². The lowest BCUT2D eigenvalue weighted by atomic mass is 10.1. The molecule has 0 aliphatic rings. The Kier molecular flexibility index (Phi) is 5.39. The summed E-state index contributed by atoms with van der Waals surface area (Å²) in [4.78, 5) is 8.69. The van der Waals surface area contributed by atoms with Crippen molar-refractivity contribution in [3.63, 3.8) is 0 Å². The maximum absolute atomic E-state index is 5.93. The fraction of sp³-hybridized carbons (Fsp3) is 0.375. The van der Waals surface area contributed by atoms with Crippen LogP contribution in [-0.2, 0) is 6.42 Å². The normalized spacial score (nSPS) is 12.0. The van der Waals surface area contributed by atoms with Crippen molar-refractivity contribution < 1.29 is 0 Å². The topological polar surface area (TPSA) is 49.8 Å². The maximum Gasteiger partial charge on any atom is 0.135 e. The summed E-state index contributed by atoms with van der Waals surface area (Å²) in [6.45, 7) is 4.26. The Bertz CT molecular complexity index is 583. The van der Waals surface area contributed by atoms with Gasteiger partial charge in [0, 0.05) is 23.7 Å². The van der Waals surface area contributed by atoms with E-state index in [-0.39, 0.29) is 6.04 Å². The summed E-state index contributed by atoms with van der Waals surface area (Å²) in [6.07, 6.45) is 3.57. The molecule has 0 bridgehead atoms. The highest BCUT2D eigenvalue weighted by atomic mass is 35.5. The Morgan fingerprint density at radius 3 is 2.43 bits per heavy atom. The summed E-state index contributed by atoms with van der Waals surface area (Å²) < 4.78 is 0. The van der Waals surface area contributed by atoms with Gasteiger partial charge in [-0.2, -0.15) is 0 Å². The molecule has 4 nitrogen and oxygen atoms in total. The quantitative estimate of drug-likeness (QED) is 0.835. The van der Waals surface area contributed by atoms with Gasteiger partial charge in [-0.05, 0) is 31.0 Å². The Labute approximate surface area is 131 Å². The molecule has 0 aliphatic heterocycles. The molecule has 1 atom stereocenters. The van der Waals surface area contributed by atoms with Crippen LogP contribution in [0.4, 0.5) is 11.6 Å². The molecule has 2 N–H and O–H groups in total. The van der Waals surface area contributed by atoms with E-state index in [0.717, 1.165) is 35.1 Å².